The van der Waals surface area contributed by atoms with Crippen LogP contribution in [-0.2, 0) is 16.0 Å². The van der Waals surface area contributed by atoms with Crippen LogP contribution < -0.4 is 15.4 Å². The van der Waals surface area contributed by atoms with Crippen LogP contribution in [0.4, 0.5) is 4.79 Å². The Balaban J connectivity index is 1.30. The highest BCUT2D eigenvalue weighted by molar-refractivity contribution is 6.07. The number of benzene rings is 2. The van der Waals surface area contributed by atoms with E-state index < -0.39 is 11.6 Å². The molecule has 0 aliphatic carbocycles. The number of nitrogens with zero attached hydrogens (tertiary/aromatic N) is 1. The second-order valence-electron chi connectivity index (χ2n) is 8.79. The van der Waals surface area contributed by atoms with Gasteiger partial charge in [-0.05, 0) is 55.7 Å². The molecule has 2 saturated heterocycles. The smallest absolute Gasteiger partial charge is 0.322 e. The molecule has 2 N–H and O–H groups in total. The summed E-state index contributed by atoms with van der Waals surface area (Å²) in [6.45, 7) is 1.50. The molecule has 1 unspecified atom stereocenters. The van der Waals surface area contributed by atoms with E-state index in [0.717, 1.165) is 18.6 Å². The fraction of sp³-hybridized carbons (Fsp3) is 0.423. The number of aryl methyl sites for hydroxylation is 1. The summed E-state index contributed by atoms with van der Waals surface area (Å²) in [4.78, 5) is 39.4. The SMILES string of the molecule is O=C1NC(=O)C(CCCc2ccccc2)(C2CCN(C(=O)CCOc3ccccc3)CC2)N1. The lowest BCUT2D eigenvalue weighted by Gasteiger charge is -2.40. The van der Waals surface area contributed by atoms with Gasteiger partial charge in [-0.3, -0.25) is 14.9 Å². The standard InChI is InChI=1S/C26H31N3O4/c30-23(15-19-33-22-11-5-2-6-12-22)29-17-13-21(14-18-29)26(24(31)27-25(32)28-26)16-7-10-20-8-3-1-4-9-20/h1-6,8-9,11-12,21H,7,10,13-19H2,(H2,27,28,31,32). The fourth-order valence-electron chi connectivity index (χ4n) is 4.94. The Morgan fingerprint density at radius 3 is 2.30 bits per heavy atom. The van der Waals surface area contributed by atoms with Gasteiger partial charge in [-0.1, -0.05) is 48.5 Å². The second-order valence-corrected chi connectivity index (χ2v) is 8.79. The minimum Gasteiger partial charge on any atom is -0.493 e. The molecule has 0 spiro atoms. The molecule has 7 nitrogen and oxygen atoms in total. The van der Waals surface area contributed by atoms with Gasteiger partial charge in [0, 0.05) is 13.1 Å². The van der Waals surface area contributed by atoms with Crippen LogP contribution in [-0.4, -0.2) is 48.0 Å². The monoisotopic (exact) mass is 449 g/mol. The van der Waals surface area contributed by atoms with Crippen LogP contribution in [0, 0.1) is 5.92 Å². The number of carbonyl (C=O) groups excluding carboxylic acids is 3. The molecule has 2 aliphatic rings. The molecule has 0 saturated carbocycles. The van der Waals surface area contributed by atoms with Gasteiger partial charge in [0.25, 0.3) is 5.91 Å². The van der Waals surface area contributed by atoms with Gasteiger partial charge in [0.15, 0.2) is 0 Å². The van der Waals surface area contributed by atoms with E-state index in [2.05, 4.69) is 22.8 Å². The van der Waals surface area contributed by atoms with Crippen molar-refractivity contribution in [2.24, 2.45) is 5.92 Å². The molecule has 2 fully saturated rings. The van der Waals surface area contributed by atoms with Crippen molar-refractivity contribution in [2.75, 3.05) is 19.7 Å². The summed E-state index contributed by atoms with van der Waals surface area (Å²) < 4.78 is 5.64. The third-order valence-corrected chi connectivity index (χ3v) is 6.72. The summed E-state index contributed by atoms with van der Waals surface area (Å²) in [5, 5.41) is 5.39. The first-order chi connectivity index (χ1) is 16.1. The molecule has 0 radical (unpaired) electrons. The summed E-state index contributed by atoms with van der Waals surface area (Å²) in [6, 6.07) is 19.2. The van der Waals surface area contributed by atoms with Crippen LogP contribution in [0.15, 0.2) is 60.7 Å². The van der Waals surface area contributed by atoms with Gasteiger partial charge in [-0.25, -0.2) is 4.79 Å². The maximum absolute atomic E-state index is 12.8. The zero-order chi connectivity index (χ0) is 23.1. The van der Waals surface area contributed by atoms with Crippen LogP contribution in [0.5, 0.6) is 5.75 Å². The highest BCUT2D eigenvalue weighted by atomic mass is 16.5. The Morgan fingerprint density at radius 2 is 1.67 bits per heavy atom. The number of imide groups is 1. The number of carbonyl (C=O) groups is 3. The molecule has 0 aromatic heterocycles. The number of urea groups is 1. The van der Waals surface area contributed by atoms with E-state index in [1.165, 1.54) is 5.56 Å². The highest BCUT2D eigenvalue weighted by Gasteiger charge is 2.51. The van der Waals surface area contributed by atoms with Crippen molar-refractivity contribution in [1.29, 1.82) is 0 Å². The first-order valence-electron chi connectivity index (χ1n) is 11.7. The minimum atomic E-state index is -0.891. The lowest BCUT2D eigenvalue weighted by molar-refractivity contribution is -0.134. The van der Waals surface area contributed by atoms with Gasteiger partial charge in [0.2, 0.25) is 5.91 Å². The van der Waals surface area contributed by atoms with E-state index in [9.17, 15) is 14.4 Å². The largest absolute Gasteiger partial charge is 0.493 e. The Morgan fingerprint density at radius 1 is 1.00 bits per heavy atom. The molecule has 1 atom stereocenters. The minimum absolute atomic E-state index is 0.00402. The predicted octanol–water partition coefficient (Wildman–Crippen LogP) is 3.30. The molecular formula is C26H31N3O4. The van der Waals surface area contributed by atoms with Gasteiger partial charge in [0.1, 0.15) is 11.3 Å². The van der Waals surface area contributed by atoms with Crippen molar-refractivity contribution >= 4 is 17.8 Å². The van der Waals surface area contributed by atoms with E-state index >= 15 is 0 Å². The van der Waals surface area contributed by atoms with Crippen LogP contribution in [0.1, 0.15) is 37.7 Å². The fourth-order valence-corrected chi connectivity index (χ4v) is 4.94. The van der Waals surface area contributed by atoms with Gasteiger partial charge in [-0.15, -0.1) is 0 Å². The molecule has 0 bridgehead atoms. The normalized spacial score (nSPS) is 20.9. The molecule has 7 heteroatoms. The Bertz CT molecular complexity index is 958. The van der Waals surface area contributed by atoms with Crippen molar-refractivity contribution in [3.8, 4) is 5.75 Å². The summed E-state index contributed by atoms with van der Waals surface area (Å²) in [6.07, 6.45) is 3.93. The van der Waals surface area contributed by atoms with E-state index in [-0.39, 0.29) is 17.7 Å². The van der Waals surface area contributed by atoms with Crippen LogP contribution in [0.25, 0.3) is 0 Å². The first-order valence-corrected chi connectivity index (χ1v) is 11.7. The summed E-state index contributed by atoms with van der Waals surface area (Å²) in [7, 11) is 0. The zero-order valence-corrected chi connectivity index (χ0v) is 18.8. The first kappa shape index (κ1) is 22.8. The average Bonchev–Trinajstić information content (AvgIpc) is 3.14. The molecular weight excluding hydrogens is 418 g/mol. The Labute approximate surface area is 194 Å². The predicted molar refractivity (Wildman–Crippen MR) is 125 cm³/mol. The van der Waals surface area contributed by atoms with Crippen molar-refractivity contribution in [1.82, 2.24) is 15.5 Å². The lowest BCUT2D eigenvalue weighted by atomic mass is 9.74. The molecule has 2 aromatic carbocycles. The Kier molecular flexibility index (Phi) is 7.27. The van der Waals surface area contributed by atoms with E-state index in [1.807, 2.05) is 53.4 Å². The third-order valence-electron chi connectivity index (χ3n) is 6.72. The van der Waals surface area contributed by atoms with Crippen molar-refractivity contribution in [3.63, 3.8) is 0 Å². The number of amides is 4. The summed E-state index contributed by atoms with van der Waals surface area (Å²) in [5.74, 6) is 0.581. The molecule has 2 heterocycles. The number of para-hydroxylation sites is 1. The summed E-state index contributed by atoms with van der Waals surface area (Å²) >= 11 is 0. The third kappa shape index (κ3) is 5.53. The molecule has 2 aromatic rings. The van der Waals surface area contributed by atoms with E-state index in [4.69, 9.17) is 4.74 Å². The second kappa shape index (κ2) is 10.5. The Hall–Kier alpha value is -3.35. The molecule has 4 amide bonds. The van der Waals surface area contributed by atoms with Gasteiger partial charge < -0.3 is 15.0 Å². The number of likely N-dealkylation sites (tertiary alicyclic amines) is 1. The average molecular weight is 450 g/mol. The summed E-state index contributed by atoms with van der Waals surface area (Å²) in [5.41, 5.74) is 0.327. The molecule has 33 heavy (non-hydrogen) atoms. The topological polar surface area (TPSA) is 87.7 Å². The number of hydrogen-bond acceptors (Lipinski definition) is 4. The molecule has 2 aliphatic heterocycles. The van der Waals surface area contributed by atoms with Gasteiger partial charge in [0.05, 0.1) is 13.0 Å². The van der Waals surface area contributed by atoms with Gasteiger partial charge in [-0.2, -0.15) is 0 Å². The number of rotatable bonds is 9. The lowest BCUT2D eigenvalue weighted by Crippen LogP contribution is -2.56. The quantitative estimate of drug-likeness (QED) is 0.575. The van der Waals surface area contributed by atoms with Crippen molar-refractivity contribution < 1.29 is 19.1 Å². The molecule has 174 valence electrons. The zero-order valence-electron chi connectivity index (χ0n) is 18.8. The van der Waals surface area contributed by atoms with Crippen molar-refractivity contribution in [3.05, 3.63) is 66.2 Å². The van der Waals surface area contributed by atoms with Crippen LogP contribution in [0.3, 0.4) is 0 Å². The number of hydrogen-bond donors (Lipinski definition) is 2. The number of piperidine rings is 1. The number of ether oxygens (including phenoxy) is 1. The maximum atomic E-state index is 12.8. The van der Waals surface area contributed by atoms with Crippen LogP contribution in [0.2, 0.25) is 0 Å². The van der Waals surface area contributed by atoms with Crippen molar-refractivity contribution in [2.45, 2.75) is 44.1 Å². The number of nitrogens with one attached hydrogen (secondary N) is 2. The highest BCUT2D eigenvalue weighted by Crippen LogP contribution is 2.35. The maximum Gasteiger partial charge on any atom is 0.322 e. The van der Waals surface area contributed by atoms with Gasteiger partial charge >= 0.3 is 6.03 Å². The molecule has 4 rings (SSSR count). The van der Waals surface area contributed by atoms with Crippen LogP contribution >= 0.6 is 0 Å². The van der Waals surface area contributed by atoms with E-state index in [0.29, 0.717) is 45.4 Å². The van der Waals surface area contributed by atoms with E-state index in [1.54, 1.807) is 0 Å².